The number of nitrogens with one attached hydrogen (secondary N) is 2. The SMILES string of the molecule is Cc1[nH]c2ccccc2c1CCNC(=O)CC1(O)CCCCC1. The molecule has 1 saturated carbocycles. The summed E-state index contributed by atoms with van der Waals surface area (Å²) in [5.74, 6) is -0.0353. The second-order valence-corrected chi connectivity index (χ2v) is 6.84. The van der Waals surface area contributed by atoms with Crippen molar-refractivity contribution >= 4 is 16.8 Å². The molecule has 0 aliphatic heterocycles. The smallest absolute Gasteiger partial charge is 0.222 e. The number of rotatable bonds is 5. The van der Waals surface area contributed by atoms with E-state index in [1.807, 2.05) is 12.1 Å². The lowest BCUT2D eigenvalue weighted by Crippen LogP contribution is -2.38. The van der Waals surface area contributed by atoms with E-state index in [0.29, 0.717) is 6.54 Å². The van der Waals surface area contributed by atoms with Crippen LogP contribution in [0.2, 0.25) is 0 Å². The van der Waals surface area contributed by atoms with Crippen LogP contribution in [-0.4, -0.2) is 28.1 Å². The second-order valence-electron chi connectivity index (χ2n) is 6.84. The molecule has 0 unspecified atom stereocenters. The van der Waals surface area contributed by atoms with Gasteiger partial charge in [-0.25, -0.2) is 0 Å². The molecule has 0 atom stereocenters. The number of benzene rings is 1. The summed E-state index contributed by atoms with van der Waals surface area (Å²) in [6, 6.07) is 8.24. The normalized spacial score (nSPS) is 17.3. The highest BCUT2D eigenvalue weighted by Crippen LogP contribution is 2.30. The fourth-order valence-electron chi connectivity index (χ4n) is 3.73. The zero-order valence-corrected chi connectivity index (χ0v) is 13.8. The van der Waals surface area contributed by atoms with Crippen LogP contribution in [0.15, 0.2) is 24.3 Å². The van der Waals surface area contributed by atoms with Crippen LogP contribution in [0.3, 0.4) is 0 Å². The fourth-order valence-corrected chi connectivity index (χ4v) is 3.73. The van der Waals surface area contributed by atoms with E-state index in [1.165, 1.54) is 17.4 Å². The summed E-state index contributed by atoms with van der Waals surface area (Å²) in [5.41, 5.74) is 2.78. The van der Waals surface area contributed by atoms with Crippen molar-refractivity contribution in [3.05, 3.63) is 35.5 Å². The van der Waals surface area contributed by atoms with Gasteiger partial charge >= 0.3 is 0 Å². The summed E-state index contributed by atoms with van der Waals surface area (Å²) >= 11 is 0. The minimum atomic E-state index is -0.779. The van der Waals surface area contributed by atoms with Crippen molar-refractivity contribution in [1.29, 1.82) is 0 Å². The zero-order valence-electron chi connectivity index (χ0n) is 13.8. The predicted molar refractivity (Wildman–Crippen MR) is 92.4 cm³/mol. The van der Waals surface area contributed by atoms with Gasteiger partial charge in [0, 0.05) is 23.1 Å². The van der Waals surface area contributed by atoms with Gasteiger partial charge in [0.1, 0.15) is 0 Å². The number of hydrogen-bond acceptors (Lipinski definition) is 2. The molecule has 23 heavy (non-hydrogen) atoms. The molecule has 0 bridgehead atoms. The van der Waals surface area contributed by atoms with E-state index in [2.05, 4.69) is 29.4 Å². The molecule has 1 fully saturated rings. The summed E-state index contributed by atoms with van der Waals surface area (Å²) in [4.78, 5) is 15.5. The minimum absolute atomic E-state index is 0.0353. The highest BCUT2D eigenvalue weighted by molar-refractivity contribution is 5.84. The van der Waals surface area contributed by atoms with Gasteiger partial charge in [-0.15, -0.1) is 0 Å². The van der Waals surface area contributed by atoms with Crippen LogP contribution in [0.25, 0.3) is 10.9 Å². The van der Waals surface area contributed by atoms with Crippen LogP contribution in [0.4, 0.5) is 0 Å². The third-order valence-electron chi connectivity index (χ3n) is 5.00. The second kappa shape index (κ2) is 6.75. The quantitative estimate of drug-likeness (QED) is 0.793. The van der Waals surface area contributed by atoms with Crippen LogP contribution in [-0.2, 0) is 11.2 Å². The highest BCUT2D eigenvalue weighted by Gasteiger charge is 2.31. The number of aromatic amines is 1. The molecular formula is C19H26N2O2. The number of aliphatic hydroxyl groups is 1. The summed E-state index contributed by atoms with van der Waals surface area (Å²) in [6.45, 7) is 2.68. The molecule has 3 N–H and O–H groups in total. The number of aromatic nitrogens is 1. The fraction of sp³-hybridized carbons (Fsp3) is 0.526. The van der Waals surface area contributed by atoms with Crippen LogP contribution in [0.1, 0.15) is 49.8 Å². The standard InChI is InChI=1S/C19H26N2O2/c1-14-15(16-7-3-4-8-17(16)21-14)9-12-20-18(22)13-19(23)10-5-2-6-11-19/h3-4,7-8,21,23H,2,5-6,9-13H2,1H3,(H,20,22). The monoisotopic (exact) mass is 314 g/mol. The summed E-state index contributed by atoms with van der Waals surface area (Å²) in [7, 11) is 0. The van der Waals surface area contributed by atoms with Crippen molar-refractivity contribution in [2.75, 3.05) is 6.54 Å². The molecule has 1 aliphatic carbocycles. The third kappa shape index (κ3) is 3.75. The van der Waals surface area contributed by atoms with Gasteiger partial charge in [-0.05, 0) is 37.8 Å². The van der Waals surface area contributed by atoms with Crippen molar-refractivity contribution in [2.24, 2.45) is 0 Å². The van der Waals surface area contributed by atoms with Crippen LogP contribution in [0, 0.1) is 6.92 Å². The number of carbonyl (C=O) groups is 1. The summed E-state index contributed by atoms with van der Waals surface area (Å²) < 4.78 is 0. The van der Waals surface area contributed by atoms with E-state index < -0.39 is 5.60 Å². The molecule has 1 aromatic heterocycles. The van der Waals surface area contributed by atoms with E-state index in [0.717, 1.165) is 43.3 Å². The van der Waals surface area contributed by atoms with Gasteiger partial charge in [-0.2, -0.15) is 0 Å². The van der Waals surface area contributed by atoms with Crippen LogP contribution >= 0.6 is 0 Å². The summed E-state index contributed by atoms with van der Waals surface area (Å²) in [6.07, 6.45) is 5.77. The third-order valence-corrected chi connectivity index (χ3v) is 5.00. The molecular weight excluding hydrogens is 288 g/mol. The highest BCUT2D eigenvalue weighted by atomic mass is 16.3. The van der Waals surface area contributed by atoms with E-state index in [-0.39, 0.29) is 12.3 Å². The molecule has 4 heteroatoms. The minimum Gasteiger partial charge on any atom is -0.389 e. The average Bonchev–Trinajstić information content (AvgIpc) is 2.83. The molecule has 1 aliphatic rings. The number of aryl methyl sites for hydroxylation is 1. The van der Waals surface area contributed by atoms with Crippen molar-refractivity contribution < 1.29 is 9.90 Å². The Kier molecular flexibility index (Phi) is 4.71. The van der Waals surface area contributed by atoms with Gasteiger partial charge in [-0.3, -0.25) is 4.79 Å². The van der Waals surface area contributed by atoms with Crippen molar-refractivity contribution in [2.45, 2.75) is 57.5 Å². The molecule has 3 rings (SSSR count). The number of para-hydroxylation sites is 1. The molecule has 4 nitrogen and oxygen atoms in total. The molecule has 2 aromatic rings. The van der Waals surface area contributed by atoms with Gasteiger partial charge < -0.3 is 15.4 Å². The van der Waals surface area contributed by atoms with Gasteiger partial charge in [0.15, 0.2) is 0 Å². The van der Waals surface area contributed by atoms with Crippen molar-refractivity contribution in [3.63, 3.8) is 0 Å². The van der Waals surface area contributed by atoms with Gasteiger partial charge in [0.2, 0.25) is 5.91 Å². The summed E-state index contributed by atoms with van der Waals surface area (Å²) in [5, 5.41) is 14.6. The lowest BCUT2D eigenvalue weighted by molar-refractivity contribution is -0.127. The average molecular weight is 314 g/mol. The van der Waals surface area contributed by atoms with Crippen molar-refractivity contribution in [3.8, 4) is 0 Å². The van der Waals surface area contributed by atoms with Gasteiger partial charge in [0.05, 0.1) is 12.0 Å². The van der Waals surface area contributed by atoms with E-state index in [9.17, 15) is 9.90 Å². The van der Waals surface area contributed by atoms with E-state index in [1.54, 1.807) is 0 Å². The molecule has 0 radical (unpaired) electrons. The number of fused-ring (bicyclic) bond motifs is 1. The topological polar surface area (TPSA) is 65.1 Å². The largest absolute Gasteiger partial charge is 0.389 e. The Bertz CT molecular complexity index is 684. The molecule has 0 spiro atoms. The first-order valence-corrected chi connectivity index (χ1v) is 8.63. The van der Waals surface area contributed by atoms with E-state index >= 15 is 0 Å². The van der Waals surface area contributed by atoms with Gasteiger partial charge in [0.25, 0.3) is 0 Å². The first-order chi connectivity index (χ1) is 11.1. The van der Waals surface area contributed by atoms with Gasteiger partial charge in [-0.1, -0.05) is 37.5 Å². The maximum Gasteiger partial charge on any atom is 0.222 e. The van der Waals surface area contributed by atoms with Crippen LogP contribution < -0.4 is 5.32 Å². The first-order valence-electron chi connectivity index (χ1n) is 8.63. The predicted octanol–water partition coefficient (Wildman–Crippen LogP) is 3.22. The van der Waals surface area contributed by atoms with Crippen molar-refractivity contribution in [1.82, 2.24) is 10.3 Å². The van der Waals surface area contributed by atoms with Crippen LogP contribution in [0.5, 0.6) is 0 Å². The Morgan fingerprint density at radius 1 is 1.26 bits per heavy atom. The maximum absolute atomic E-state index is 12.1. The molecule has 124 valence electrons. The lowest BCUT2D eigenvalue weighted by atomic mass is 9.82. The number of H-pyrrole nitrogens is 1. The number of hydrogen-bond donors (Lipinski definition) is 3. The molecule has 1 aromatic carbocycles. The Labute approximate surface area is 137 Å². The Morgan fingerprint density at radius 2 is 2.00 bits per heavy atom. The van der Waals surface area contributed by atoms with E-state index in [4.69, 9.17) is 0 Å². The number of carbonyl (C=O) groups excluding carboxylic acids is 1. The lowest BCUT2D eigenvalue weighted by Gasteiger charge is -2.31. The maximum atomic E-state index is 12.1. The number of amides is 1. The Hall–Kier alpha value is -1.81. The Morgan fingerprint density at radius 3 is 2.78 bits per heavy atom. The Balaban J connectivity index is 1.54. The first kappa shape index (κ1) is 16.1. The molecule has 1 amide bonds. The molecule has 0 saturated heterocycles. The molecule has 1 heterocycles. The zero-order chi connectivity index (χ0) is 16.3.